The van der Waals surface area contributed by atoms with E-state index < -0.39 is 0 Å². The van der Waals surface area contributed by atoms with Gasteiger partial charge in [-0.05, 0) is 19.4 Å². The zero-order valence-electron chi connectivity index (χ0n) is 10.6. The summed E-state index contributed by atoms with van der Waals surface area (Å²) >= 11 is 5.69. The van der Waals surface area contributed by atoms with Crippen LogP contribution in [0.1, 0.15) is 30.1 Å². The quantitative estimate of drug-likeness (QED) is 0.468. The Morgan fingerprint density at radius 1 is 1.53 bits per heavy atom. The van der Waals surface area contributed by atoms with E-state index in [2.05, 4.69) is 10.3 Å². The highest BCUT2D eigenvalue weighted by Crippen LogP contribution is 2.14. The van der Waals surface area contributed by atoms with Crippen molar-refractivity contribution >= 4 is 29.2 Å². The number of esters is 1. The van der Waals surface area contributed by atoms with E-state index in [-0.39, 0.29) is 34.7 Å². The van der Waals surface area contributed by atoms with Crippen molar-refractivity contribution in [1.82, 2.24) is 10.3 Å². The van der Waals surface area contributed by atoms with Crippen LogP contribution in [-0.4, -0.2) is 30.0 Å². The van der Waals surface area contributed by atoms with Gasteiger partial charge >= 0.3 is 5.97 Å². The van der Waals surface area contributed by atoms with Crippen molar-refractivity contribution in [2.75, 3.05) is 18.9 Å². The normalized spacial score (nSPS) is 10.0. The predicted molar refractivity (Wildman–Crippen MR) is 71.9 cm³/mol. The Morgan fingerprint density at radius 3 is 2.95 bits per heavy atom. The number of pyridine rings is 1. The smallest absolute Gasteiger partial charge is 0.305 e. The number of aromatic nitrogens is 1. The summed E-state index contributed by atoms with van der Waals surface area (Å²) in [6, 6.07) is 1.40. The average molecular weight is 286 g/mol. The van der Waals surface area contributed by atoms with Gasteiger partial charge in [0.15, 0.2) is 0 Å². The van der Waals surface area contributed by atoms with Gasteiger partial charge in [-0.3, -0.25) is 9.59 Å². The summed E-state index contributed by atoms with van der Waals surface area (Å²) in [5, 5.41) is 2.85. The highest BCUT2D eigenvalue weighted by molar-refractivity contribution is 6.29. The Morgan fingerprint density at radius 2 is 2.26 bits per heavy atom. The summed E-state index contributed by atoms with van der Waals surface area (Å²) in [6.45, 7) is 2.46. The third-order valence-electron chi connectivity index (χ3n) is 2.29. The molecule has 0 aliphatic heterocycles. The van der Waals surface area contributed by atoms with Crippen LogP contribution in [0.4, 0.5) is 5.69 Å². The molecule has 0 atom stereocenters. The van der Waals surface area contributed by atoms with Crippen LogP contribution in [0.5, 0.6) is 0 Å². The second-order valence-corrected chi connectivity index (χ2v) is 4.15. The summed E-state index contributed by atoms with van der Waals surface area (Å²) in [5.41, 5.74) is 6.16. The number of carbonyl (C=O) groups is 2. The maximum atomic E-state index is 11.8. The van der Waals surface area contributed by atoms with Gasteiger partial charge in [-0.15, -0.1) is 0 Å². The van der Waals surface area contributed by atoms with Crippen LogP contribution < -0.4 is 11.1 Å². The fraction of sp³-hybridized carbons (Fsp3) is 0.417. The van der Waals surface area contributed by atoms with Crippen molar-refractivity contribution in [1.29, 1.82) is 0 Å². The lowest BCUT2D eigenvalue weighted by Crippen LogP contribution is -2.26. The number of hydrogen-bond donors (Lipinski definition) is 2. The first kappa shape index (κ1) is 15.2. The molecule has 0 aliphatic rings. The molecule has 1 amide bonds. The minimum absolute atomic E-state index is 0.200. The van der Waals surface area contributed by atoms with Crippen LogP contribution in [0, 0.1) is 0 Å². The zero-order valence-corrected chi connectivity index (χ0v) is 11.4. The summed E-state index contributed by atoms with van der Waals surface area (Å²) in [4.78, 5) is 26.6. The molecule has 1 aromatic rings. The van der Waals surface area contributed by atoms with E-state index >= 15 is 0 Å². The molecule has 0 saturated heterocycles. The average Bonchev–Trinajstić information content (AvgIpc) is 2.37. The van der Waals surface area contributed by atoms with E-state index in [0.29, 0.717) is 19.6 Å². The van der Waals surface area contributed by atoms with E-state index in [0.717, 1.165) is 0 Å². The molecule has 104 valence electrons. The van der Waals surface area contributed by atoms with E-state index in [4.69, 9.17) is 22.1 Å². The predicted octanol–water partition coefficient (Wildman–Crippen LogP) is 1.39. The van der Waals surface area contributed by atoms with Gasteiger partial charge in [-0.1, -0.05) is 11.6 Å². The lowest BCUT2D eigenvalue weighted by molar-refractivity contribution is -0.143. The number of hydrogen-bond acceptors (Lipinski definition) is 5. The maximum Gasteiger partial charge on any atom is 0.305 e. The molecule has 0 spiro atoms. The molecule has 0 radical (unpaired) electrons. The second-order valence-electron chi connectivity index (χ2n) is 3.76. The van der Waals surface area contributed by atoms with Gasteiger partial charge in [-0.2, -0.15) is 0 Å². The molecule has 7 heteroatoms. The minimum Gasteiger partial charge on any atom is -0.466 e. The maximum absolute atomic E-state index is 11.8. The van der Waals surface area contributed by atoms with E-state index in [1.165, 1.54) is 12.3 Å². The van der Waals surface area contributed by atoms with Gasteiger partial charge in [0.2, 0.25) is 0 Å². The molecule has 1 rings (SSSR count). The fourth-order valence-corrected chi connectivity index (χ4v) is 1.56. The Labute approximate surface area is 116 Å². The molecule has 1 heterocycles. The van der Waals surface area contributed by atoms with E-state index in [9.17, 15) is 9.59 Å². The number of rotatable bonds is 6. The monoisotopic (exact) mass is 285 g/mol. The van der Waals surface area contributed by atoms with Crippen molar-refractivity contribution in [2.45, 2.75) is 19.8 Å². The number of nitrogen functional groups attached to an aromatic ring is 1. The first-order valence-electron chi connectivity index (χ1n) is 5.89. The number of nitrogens with zero attached hydrogens (tertiary/aromatic N) is 1. The topological polar surface area (TPSA) is 94.3 Å². The summed E-state index contributed by atoms with van der Waals surface area (Å²) in [6.07, 6.45) is 2.10. The van der Waals surface area contributed by atoms with Gasteiger partial charge in [0.25, 0.3) is 5.91 Å². The van der Waals surface area contributed by atoms with Crippen LogP contribution in [0.15, 0.2) is 12.3 Å². The molecule has 0 aromatic carbocycles. The first-order valence-corrected chi connectivity index (χ1v) is 6.27. The van der Waals surface area contributed by atoms with Crippen molar-refractivity contribution in [3.8, 4) is 0 Å². The van der Waals surface area contributed by atoms with E-state index in [1.807, 2.05) is 0 Å². The highest BCUT2D eigenvalue weighted by Gasteiger charge is 2.10. The molecule has 3 N–H and O–H groups in total. The van der Waals surface area contributed by atoms with Gasteiger partial charge < -0.3 is 15.8 Å². The highest BCUT2D eigenvalue weighted by atomic mass is 35.5. The third-order valence-corrected chi connectivity index (χ3v) is 2.50. The van der Waals surface area contributed by atoms with Gasteiger partial charge in [0, 0.05) is 13.0 Å². The first-order chi connectivity index (χ1) is 9.04. The van der Waals surface area contributed by atoms with Crippen LogP contribution in [-0.2, 0) is 9.53 Å². The Bertz CT molecular complexity index is 466. The van der Waals surface area contributed by atoms with Crippen LogP contribution in [0.25, 0.3) is 0 Å². The van der Waals surface area contributed by atoms with Crippen LogP contribution >= 0.6 is 11.6 Å². The van der Waals surface area contributed by atoms with Crippen LogP contribution in [0.2, 0.25) is 5.15 Å². The van der Waals surface area contributed by atoms with Gasteiger partial charge in [0.1, 0.15) is 5.15 Å². The molecule has 0 aliphatic carbocycles. The number of nitrogens with one attached hydrogen (secondary N) is 1. The Hall–Kier alpha value is -1.82. The van der Waals surface area contributed by atoms with Crippen molar-refractivity contribution in [2.24, 2.45) is 0 Å². The fourth-order valence-electron chi connectivity index (χ4n) is 1.40. The summed E-state index contributed by atoms with van der Waals surface area (Å²) < 4.78 is 4.77. The van der Waals surface area contributed by atoms with Crippen molar-refractivity contribution in [3.63, 3.8) is 0 Å². The molecule has 19 heavy (non-hydrogen) atoms. The summed E-state index contributed by atoms with van der Waals surface area (Å²) in [7, 11) is 0. The number of halogens is 1. The molecular weight excluding hydrogens is 270 g/mol. The third kappa shape index (κ3) is 5.13. The molecule has 0 unspecified atom stereocenters. The van der Waals surface area contributed by atoms with Gasteiger partial charge in [-0.25, -0.2) is 4.98 Å². The standard InChI is InChI=1S/C12H16ClN3O3/c1-2-19-11(17)4-3-5-15-12(18)8-6-10(13)16-7-9(8)14/h6-7H,2-5,14H2,1H3,(H,15,18). The molecule has 0 saturated carbocycles. The molecule has 0 fully saturated rings. The SMILES string of the molecule is CCOC(=O)CCCNC(=O)c1cc(Cl)ncc1N. The van der Waals surface area contributed by atoms with Crippen LogP contribution in [0.3, 0.4) is 0 Å². The number of nitrogens with two attached hydrogens (primary N) is 1. The number of amides is 1. The Kier molecular flexibility index (Phi) is 6.08. The second kappa shape index (κ2) is 7.58. The van der Waals surface area contributed by atoms with E-state index in [1.54, 1.807) is 6.92 Å². The van der Waals surface area contributed by atoms with Crippen molar-refractivity contribution < 1.29 is 14.3 Å². The molecule has 1 aromatic heterocycles. The number of anilines is 1. The molecule has 6 nitrogen and oxygen atoms in total. The van der Waals surface area contributed by atoms with Gasteiger partial charge in [0.05, 0.1) is 24.1 Å². The lowest BCUT2D eigenvalue weighted by Gasteiger charge is -2.07. The largest absolute Gasteiger partial charge is 0.466 e. The summed E-state index contributed by atoms with van der Waals surface area (Å²) in [5.74, 6) is -0.617. The molecule has 0 bridgehead atoms. The number of ether oxygens (including phenoxy) is 1. The minimum atomic E-state index is -0.342. The Balaban J connectivity index is 2.39. The van der Waals surface area contributed by atoms with Crippen molar-refractivity contribution in [3.05, 3.63) is 23.0 Å². The molecular formula is C12H16ClN3O3. The number of carbonyl (C=O) groups excluding carboxylic acids is 2. The lowest BCUT2D eigenvalue weighted by atomic mass is 10.2. The zero-order chi connectivity index (χ0) is 14.3.